The maximum absolute atomic E-state index is 11.3. The molecule has 110 valence electrons. The first-order valence-electron chi connectivity index (χ1n) is 7.26. The van der Waals surface area contributed by atoms with E-state index in [9.17, 15) is 9.90 Å². The van der Waals surface area contributed by atoms with Gasteiger partial charge >= 0.3 is 0 Å². The number of rotatable bonds is 7. The lowest BCUT2D eigenvalue weighted by atomic mass is 9.89. The van der Waals surface area contributed by atoms with Gasteiger partial charge in [-0.3, -0.25) is 0 Å². The van der Waals surface area contributed by atoms with E-state index < -0.39 is 6.10 Å². The molecule has 4 nitrogen and oxygen atoms in total. The molecule has 0 heterocycles. The van der Waals surface area contributed by atoms with Crippen LogP contribution in [0.15, 0.2) is 24.3 Å². The summed E-state index contributed by atoms with van der Waals surface area (Å²) in [5, 5.41) is 9.93. The average Bonchev–Trinajstić information content (AvgIpc) is 2.95. The van der Waals surface area contributed by atoms with Gasteiger partial charge in [0.1, 0.15) is 18.6 Å². The molecule has 1 aliphatic carbocycles. The Bertz CT molecular complexity index is 441. The van der Waals surface area contributed by atoms with Crippen LogP contribution in [0, 0.1) is 5.41 Å². The van der Waals surface area contributed by atoms with E-state index in [-0.39, 0.29) is 5.41 Å². The number of aliphatic hydroxyl groups excluding tert-OH is 1. The summed E-state index contributed by atoms with van der Waals surface area (Å²) in [6.45, 7) is 0.868. The highest BCUT2D eigenvalue weighted by Crippen LogP contribution is 2.36. The number of benzene rings is 1. The zero-order valence-corrected chi connectivity index (χ0v) is 11.8. The topological polar surface area (TPSA) is 72.6 Å². The van der Waals surface area contributed by atoms with Gasteiger partial charge in [0.15, 0.2) is 0 Å². The molecule has 0 spiro atoms. The van der Waals surface area contributed by atoms with Crippen LogP contribution in [0.2, 0.25) is 0 Å². The van der Waals surface area contributed by atoms with E-state index in [1.807, 2.05) is 24.3 Å². The molecule has 0 aliphatic heterocycles. The van der Waals surface area contributed by atoms with Gasteiger partial charge in [0.25, 0.3) is 0 Å². The van der Waals surface area contributed by atoms with Crippen LogP contribution in [0.25, 0.3) is 0 Å². The summed E-state index contributed by atoms with van der Waals surface area (Å²) in [7, 11) is 0. The quantitative estimate of drug-likeness (QED) is 0.749. The minimum Gasteiger partial charge on any atom is -0.493 e. The van der Waals surface area contributed by atoms with Crippen LogP contribution in [0.5, 0.6) is 5.75 Å². The molecular formula is C16H23NO3. The number of nitrogens with two attached hydrogens (primary N) is 1. The molecule has 0 aromatic heterocycles. The van der Waals surface area contributed by atoms with Crippen molar-refractivity contribution in [3.63, 3.8) is 0 Å². The molecule has 0 bridgehead atoms. The lowest BCUT2D eigenvalue weighted by Gasteiger charge is -2.22. The Morgan fingerprint density at radius 3 is 2.80 bits per heavy atom. The Morgan fingerprint density at radius 1 is 1.40 bits per heavy atom. The molecule has 0 amide bonds. The molecule has 3 N–H and O–H groups in total. The largest absolute Gasteiger partial charge is 0.493 e. The number of aldehydes is 1. The third-order valence-corrected chi connectivity index (χ3v) is 4.06. The van der Waals surface area contributed by atoms with Crippen molar-refractivity contribution >= 4 is 6.29 Å². The van der Waals surface area contributed by atoms with E-state index in [2.05, 4.69) is 0 Å². The fourth-order valence-corrected chi connectivity index (χ4v) is 2.74. The Kier molecular flexibility index (Phi) is 5.15. The van der Waals surface area contributed by atoms with Crippen molar-refractivity contribution in [3.8, 4) is 5.75 Å². The van der Waals surface area contributed by atoms with Crippen LogP contribution >= 0.6 is 0 Å². The van der Waals surface area contributed by atoms with Crippen molar-refractivity contribution < 1.29 is 14.6 Å². The first-order valence-corrected chi connectivity index (χ1v) is 7.26. The SMILES string of the molecule is NCCC(O)c1cccc(OCC2(C=O)CCCC2)c1. The van der Waals surface area contributed by atoms with Crippen molar-refractivity contribution in [2.45, 2.75) is 38.2 Å². The Morgan fingerprint density at radius 2 is 2.15 bits per heavy atom. The Balaban J connectivity index is 1.99. The summed E-state index contributed by atoms with van der Waals surface area (Å²) >= 11 is 0. The van der Waals surface area contributed by atoms with Crippen molar-refractivity contribution in [1.82, 2.24) is 0 Å². The molecule has 0 radical (unpaired) electrons. The monoisotopic (exact) mass is 277 g/mol. The second-order valence-electron chi connectivity index (χ2n) is 5.64. The lowest BCUT2D eigenvalue weighted by molar-refractivity contribution is -0.117. The second-order valence-corrected chi connectivity index (χ2v) is 5.64. The van der Waals surface area contributed by atoms with E-state index in [0.717, 1.165) is 37.5 Å². The van der Waals surface area contributed by atoms with Crippen molar-refractivity contribution in [3.05, 3.63) is 29.8 Å². The van der Waals surface area contributed by atoms with Crippen molar-refractivity contribution in [2.75, 3.05) is 13.2 Å². The zero-order chi connectivity index (χ0) is 14.4. The van der Waals surface area contributed by atoms with Crippen LogP contribution in [-0.2, 0) is 4.79 Å². The summed E-state index contributed by atoms with van der Waals surface area (Å²) in [6.07, 6.45) is 5.02. The van der Waals surface area contributed by atoms with Gasteiger partial charge in [-0.15, -0.1) is 0 Å². The summed E-state index contributed by atoms with van der Waals surface area (Å²) in [5.74, 6) is 0.701. The third-order valence-electron chi connectivity index (χ3n) is 4.06. The standard InChI is InChI=1S/C16H23NO3/c17-9-6-15(19)13-4-3-5-14(10-13)20-12-16(11-18)7-1-2-8-16/h3-5,10-11,15,19H,1-2,6-9,12,17H2. The second kappa shape index (κ2) is 6.86. The molecule has 20 heavy (non-hydrogen) atoms. The highest BCUT2D eigenvalue weighted by atomic mass is 16.5. The maximum Gasteiger partial charge on any atom is 0.129 e. The van der Waals surface area contributed by atoms with E-state index in [1.54, 1.807) is 0 Å². The molecule has 1 fully saturated rings. The predicted molar refractivity (Wildman–Crippen MR) is 77.5 cm³/mol. The number of hydrogen-bond acceptors (Lipinski definition) is 4. The van der Waals surface area contributed by atoms with Gasteiger partial charge in [0, 0.05) is 0 Å². The number of hydrogen-bond donors (Lipinski definition) is 2. The van der Waals surface area contributed by atoms with Gasteiger partial charge in [-0.1, -0.05) is 25.0 Å². The molecule has 1 saturated carbocycles. The first kappa shape index (κ1) is 15.0. The van der Waals surface area contributed by atoms with Gasteiger partial charge in [-0.25, -0.2) is 0 Å². The highest BCUT2D eigenvalue weighted by molar-refractivity contribution is 5.60. The predicted octanol–water partition coefficient (Wildman–Crippen LogP) is 2.21. The average molecular weight is 277 g/mol. The van der Waals surface area contributed by atoms with Crippen LogP contribution < -0.4 is 10.5 Å². The van der Waals surface area contributed by atoms with Crippen molar-refractivity contribution in [2.24, 2.45) is 11.1 Å². The summed E-state index contributed by atoms with van der Waals surface area (Å²) in [5.41, 5.74) is 5.94. The molecule has 1 unspecified atom stereocenters. The van der Waals surface area contributed by atoms with E-state index in [0.29, 0.717) is 25.3 Å². The smallest absolute Gasteiger partial charge is 0.129 e. The van der Waals surface area contributed by atoms with Crippen LogP contribution in [0.4, 0.5) is 0 Å². The zero-order valence-electron chi connectivity index (χ0n) is 11.8. The molecule has 1 aromatic rings. The summed E-state index contributed by atoms with van der Waals surface area (Å²) in [4.78, 5) is 11.3. The molecular weight excluding hydrogens is 254 g/mol. The van der Waals surface area contributed by atoms with Crippen LogP contribution in [0.1, 0.15) is 43.8 Å². The molecule has 1 atom stereocenters. The van der Waals surface area contributed by atoms with Gasteiger partial charge in [-0.05, 0) is 43.5 Å². The number of carbonyl (C=O) groups excluding carboxylic acids is 1. The minimum atomic E-state index is -0.560. The van der Waals surface area contributed by atoms with E-state index in [1.165, 1.54) is 0 Å². The number of aliphatic hydroxyl groups is 1. The number of ether oxygens (including phenoxy) is 1. The molecule has 4 heteroatoms. The van der Waals surface area contributed by atoms with Gasteiger partial charge in [0.05, 0.1) is 11.5 Å². The normalized spacial score (nSPS) is 18.7. The molecule has 1 aromatic carbocycles. The lowest BCUT2D eigenvalue weighted by Crippen LogP contribution is -2.26. The Hall–Kier alpha value is -1.39. The first-order chi connectivity index (χ1) is 9.69. The fourth-order valence-electron chi connectivity index (χ4n) is 2.74. The van der Waals surface area contributed by atoms with Crippen LogP contribution in [0.3, 0.4) is 0 Å². The van der Waals surface area contributed by atoms with E-state index >= 15 is 0 Å². The maximum atomic E-state index is 11.3. The van der Waals surface area contributed by atoms with Crippen molar-refractivity contribution in [1.29, 1.82) is 0 Å². The Labute approximate surface area is 119 Å². The minimum absolute atomic E-state index is 0.314. The molecule has 1 aliphatic rings. The molecule has 2 rings (SSSR count). The highest BCUT2D eigenvalue weighted by Gasteiger charge is 2.34. The van der Waals surface area contributed by atoms with Gasteiger partial charge in [-0.2, -0.15) is 0 Å². The van der Waals surface area contributed by atoms with Gasteiger partial charge in [0.2, 0.25) is 0 Å². The fraction of sp³-hybridized carbons (Fsp3) is 0.562. The summed E-state index contributed by atoms with van der Waals surface area (Å²) < 4.78 is 5.78. The third kappa shape index (κ3) is 3.58. The summed E-state index contributed by atoms with van der Waals surface area (Å²) in [6, 6.07) is 7.39. The van der Waals surface area contributed by atoms with Gasteiger partial charge < -0.3 is 20.4 Å². The number of carbonyl (C=O) groups is 1. The van der Waals surface area contributed by atoms with E-state index in [4.69, 9.17) is 10.5 Å². The van der Waals surface area contributed by atoms with Crippen LogP contribution in [-0.4, -0.2) is 24.5 Å². The molecule has 0 saturated heterocycles.